The number of amides is 1. The number of nitrogens with one attached hydrogen (secondary N) is 1. The number of ether oxygens (including phenoxy) is 1. The Morgan fingerprint density at radius 1 is 1.50 bits per heavy atom. The van der Waals surface area contributed by atoms with Crippen LogP contribution in [0, 0.1) is 0 Å². The normalized spacial score (nSPS) is 11.5. The number of carbonyl (C=O) groups excluding carboxylic acids is 1. The summed E-state index contributed by atoms with van der Waals surface area (Å²) in [5, 5.41) is 2.99. The Morgan fingerprint density at radius 2 is 2.07 bits per heavy atom. The molecular formula is C10H22N2O2. The summed E-state index contributed by atoms with van der Waals surface area (Å²) in [7, 11) is 5.28. The average molecular weight is 202 g/mol. The molecule has 0 unspecified atom stereocenters. The van der Waals surface area contributed by atoms with E-state index in [1.807, 2.05) is 20.9 Å². The van der Waals surface area contributed by atoms with Crippen LogP contribution in [0.2, 0.25) is 0 Å². The molecule has 0 rings (SSSR count). The molecule has 0 saturated heterocycles. The van der Waals surface area contributed by atoms with Crippen LogP contribution in [-0.2, 0) is 9.53 Å². The van der Waals surface area contributed by atoms with Crippen molar-refractivity contribution in [1.82, 2.24) is 10.2 Å². The van der Waals surface area contributed by atoms with Crippen molar-refractivity contribution >= 4 is 5.91 Å². The third-order valence-electron chi connectivity index (χ3n) is 2.35. The van der Waals surface area contributed by atoms with E-state index in [1.165, 1.54) is 0 Å². The Hall–Kier alpha value is -0.610. The quantitative estimate of drug-likeness (QED) is 0.637. The van der Waals surface area contributed by atoms with E-state index in [0.717, 1.165) is 13.0 Å². The maximum Gasteiger partial charge on any atom is 0.242 e. The summed E-state index contributed by atoms with van der Waals surface area (Å²) in [5.74, 6) is 0.108. The molecule has 0 aliphatic carbocycles. The summed E-state index contributed by atoms with van der Waals surface area (Å²) in [6.07, 6.45) is 0.874. The van der Waals surface area contributed by atoms with Crippen molar-refractivity contribution < 1.29 is 9.53 Å². The standard InChI is InChI=1S/C10H22N2O2/c1-10(2,11-3)9(13)12(4)7-6-8-14-5/h11H,6-8H2,1-5H3. The zero-order valence-electron chi connectivity index (χ0n) is 9.89. The van der Waals surface area contributed by atoms with Crippen molar-refractivity contribution in [2.24, 2.45) is 0 Å². The molecular weight excluding hydrogens is 180 g/mol. The highest BCUT2D eigenvalue weighted by Crippen LogP contribution is 2.05. The lowest BCUT2D eigenvalue weighted by molar-refractivity contribution is -0.135. The van der Waals surface area contributed by atoms with Gasteiger partial charge in [0, 0.05) is 27.3 Å². The molecule has 4 heteroatoms. The second-order valence-corrected chi connectivity index (χ2v) is 3.95. The predicted octanol–water partition coefficient (Wildman–Crippen LogP) is 0.479. The van der Waals surface area contributed by atoms with Gasteiger partial charge in [0.1, 0.15) is 0 Å². The Kier molecular flexibility index (Phi) is 5.72. The summed E-state index contributed by atoms with van der Waals surface area (Å²) in [6.45, 7) is 5.18. The van der Waals surface area contributed by atoms with Crippen molar-refractivity contribution in [2.75, 3.05) is 34.4 Å². The summed E-state index contributed by atoms with van der Waals surface area (Å²) in [6, 6.07) is 0. The van der Waals surface area contributed by atoms with Crippen LogP contribution in [0.1, 0.15) is 20.3 Å². The Morgan fingerprint density at radius 3 is 2.50 bits per heavy atom. The highest BCUT2D eigenvalue weighted by molar-refractivity contribution is 5.85. The zero-order chi connectivity index (χ0) is 11.2. The molecule has 0 spiro atoms. The monoisotopic (exact) mass is 202 g/mol. The van der Waals surface area contributed by atoms with Gasteiger partial charge >= 0.3 is 0 Å². The lowest BCUT2D eigenvalue weighted by Gasteiger charge is -2.28. The molecule has 0 aromatic carbocycles. The number of rotatable bonds is 6. The van der Waals surface area contributed by atoms with Crippen molar-refractivity contribution in [3.8, 4) is 0 Å². The lowest BCUT2D eigenvalue weighted by atomic mass is 10.0. The molecule has 4 nitrogen and oxygen atoms in total. The van der Waals surface area contributed by atoms with Crippen molar-refractivity contribution in [3.05, 3.63) is 0 Å². The van der Waals surface area contributed by atoms with Crippen molar-refractivity contribution in [3.63, 3.8) is 0 Å². The third-order valence-corrected chi connectivity index (χ3v) is 2.35. The molecule has 14 heavy (non-hydrogen) atoms. The summed E-state index contributed by atoms with van der Waals surface area (Å²) >= 11 is 0. The molecule has 1 amide bonds. The molecule has 0 atom stereocenters. The Labute approximate surface area is 86.6 Å². The van der Waals surface area contributed by atoms with Crippen LogP contribution < -0.4 is 5.32 Å². The van der Waals surface area contributed by atoms with E-state index in [0.29, 0.717) is 6.61 Å². The van der Waals surface area contributed by atoms with Gasteiger partial charge in [0.15, 0.2) is 0 Å². The molecule has 0 heterocycles. The number of methoxy groups -OCH3 is 1. The van der Waals surface area contributed by atoms with Gasteiger partial charge in [0.25, 0.3) is 0 Å². The van der Waals surface area contributed by atoms with Crippen molar-refractivity contribution in [2.45, 2.75) is 25.8 Å². The Bertz CT molecular complexity index is 181. The average Bonchev–Trinajstić information content (AvgIpc) is 2.17. The summed E-state index contributed by atoms with van der Waals surface area (Å²) in [5.41, 5.74) is -0.484. The largest absolute Gasteiger partial charge is 0.385 e. The van der Waals surface area contributed by atoms with E-state index in [2.05, 4.69) is 5.32 Å². The highest BCUT2D eigenvalue weighted by Gasteiger charge is 2.27. The molecule has 0 aliphatic heterocycles. The number of hydrogen-bond donors (Lipinski definition) is 1. The first-order valence-corrected chi connectivity index (χ1v) is 4.89. The number of carbonyl (C=O) groups is 1. The minimum Gasteiger partial charge on any atom is -0.385 e. The maximum absolute atomic E-state index is 11.8. The molecule has 84 valence electrons. The fraction of sp³-hybridized carbons (Fsp3) is 0.900. The van der Waals surface area contributed by atoms with Crippen LogP contribution in [-0.4, -0.2) is 50.7 Å². The van der Waals surface area contributed by atoms with Crippen LogP contribution in [0.25, 0.3) is 0 Å². The van der Waals surface area contributed by atoms with E-state index in [4.69, 9.17) is 4.74 Å². The van der Waals surface area contributed by atoms with Gasteiger partial charge in [-0.1, -0.05) is 0 Å². The van der Waals surface area contributed by atoms with E-state index in [9.17, 15) is 4.79 Å². The lowest BCUT2D eigenvalue weighted by Crippen LogP contribution is -2.51. The predicted molar refractivity (Wildman–Crippen MR) is 57.3 cm³/mol. The van der Waals surface area contributed by atoms with Gasteiger partial charge < -0.3 is 15.0 Å². The molecule has 0 aromatic rings. The molecule has 0 radical (unpaired) electrons. The minimum absolute atomic E-state index is 0.108. The number of likely N-dealkylation sites (N-methyl/N-ethyl adjacent to an activating group) is 2. The van der Waals surface area contributed by atoms with E-state index in [1.54, 1.807) is 19.1 Å². The second-order valence-electron chi connectivity index (χ2n) is 3.95. The maximum atomic E-state index is 11.8. The van der Waals surface area contributed by atoms with Gasteiger partial charge in [-0.25, -0.2) is 0 Å². The molecule has 0 bridgehead atoms. The van der Waals surface area contributed by atoms with Gasteiger partial charge in [0.05, 0.1) is 5.54 Å². The van der Waals surface area contributed by atoms with Gasteiger partial charge in [-0.05, 0) is 27.3 Å². The first kappa shape index (κ1) is 13.4. The highest BCUT2D eigenvalue weighted by atomic mass is 16.5. The molecule has 0 aliphatic rings. The van der Waals surface area contributed by atoms with Crippen LogP contribution in [0.15, 0.2) is 0 Å². The molecule has 0 aromatic heterocycles. The van der Waals surface area contributed by atoms with E-state index < -0.39 is 5.54 Å². The van der Waals surface area contributed by atoms with Gasteiger partial charge in [-0.3, -0.25) is 4.79 Å². The van der Waals surface area contributed by atoms with Crippen LogP contribution in [0.4, 0.5) is 0 Å². The summed E-state index contributed by atoms with van der Waals surface area (Å²) < 4.78 is 4.93. The summed E-state index contributed by atoms with van der Waals surface area (Å²) in [4.78, 5) is 13.5. The number of hydrogen-bond acceptors (Lipinski definition) is 3. The van der Waals surface area contributed by atoms with Crippen LogP contribution in [0.5, 0.6) is 0 Å². The fourth-order valence-corrected chi connectivity index (χ4v) is 1.13. The minimum atomic E-state index is -0.484. The smallest absolute Gasteiger partial charge is 0.242 e. The second kappa shape index (κ2) is 5.98. The topological polar surface area (TPSA) is 41.6 Å². The van der Waals surface area contributed by atoms with Gasteiger partial charge in [-0.2, -0.15) is 0 Å². The molecule has 1 N–H and O–H groups in total. The van der Waals surface area contributed by atoms with E-state index in [-0.39, 0.29) is 5.91 Å². The Balaban J connectivity index is 3.99. The molecule has 0 fully saturated rings. The van der Waals surface area contributed by atoms with Gasteiger partial charge in [0.2, 0.25) is 5.91 Å². The molecule has 0 saturated carbocycles. The van der Waals surface area contributed by atoms with Crippen LogP contribution in [0.3, 0.4) is 0 Å². The number of nitrogens with zero attached hydrogens (tertiary/aromatic N) is 1. The zero-order valence-corrected chi connectivity index (χ0v) is 9.89. The van der Waals surface area contributed by atoms with Crippen LogP contribution >= 0.6 is 0 Å². The first-order valence-electron chi connectivity index (χ1n) is 4.89. The first-order chi connectivity index (χ1) is 6.45. The van der Waals surface area contributed by atoms with Gasteiger partial charge in [-0.15, -0.1) is 0 Å². The third kappa shape index (κ3) is 4.07. The SMILES string of the molecule is CNC(C)(C)C(=O)N(C)CCCOC. The fourth-order valence-electron chi connectivity index (χ4n) is 1.13. The van der Waals surface area contributed by atoms with Crippen molar-refractivity contribution in [1.29, 1.82) is 0 Å². The van der Waals surface area contributed by atoms with E-state index >= 15 is 0 Å².